The van der Waals surface area contributed by atoms with Crippen LogP contribution in [-0.2, 0) is 9.53 Å². The van der Waals surface area contributed by atoms with Gasteiger partial charge in [0.15, 0.2) is 5.82 Å². The molecule has 0 atom stereocenters. The fourth-order valence-electron chi connectivity index (χ4n) is 3.99. The molecule has 33 heavy (non-hydrogen) atoms. The molecule has 3 heterocycles. The Bertz CT molecular complexity index is 1040. The highest BCUT2D eigenvalue weighted by Crippen LogP contribution is 2.36. The van der Waals surface area contributed by atoms with E-state index in [2.05, 4.69) is 25.6 Å². The molecule has 2 N–H and O–H groups in total. The average Bonchev–Trinajstić information content (AvgIpc) is 3.63. The Morgan fingerprint density at radius 3 is 2.45 bits per heavy atom. The first-order chi connectivity index (χ1) is 15.9. The van der Waals surface area contributed by atoms with Crippen LogP contribution in [0.15, 0.2) is 31.1 Å². The lowest BCUT2D eigenvalue weighted by Gasteiger charge is -2.34. The zero-order valence-corrected chi connectivity index (χ0v) is 18.2. The van der Waals surface area contributed by atoms with Crippen LogP contribution in [0.25, 0.3) is 0 Å². The van der Waals surface area contributed by atoms with Gasteiger partial charge in [0.1, 0.15) is 17.4 Å². The third-order valence-corrected chi connectivity index (χ3v) is 6.14. The van der Waals surface area contributed by atoms with E-state index >= 15 is 0 Å². The number of piperidine rings is 1. The molecule has 10 nitrogen and oxygen atoms in total. The van der Waals surface area contributed by atoms with Gasteiger partial charge in [-0.15, -0.1) is 0 Å². The minimum absolute atomic E-state index is 0.116. The molecule has 2 aromatic heterocycles. The number of hydrogen-bond donors (Lipinski definition) is 2. The number of nitrogens with zero attached hydrogens (tertiary/aromatic N) is 4. The van der Waals surface area contributed by atoms with Crippen molar-refractivity contribution in [2.45, 2.75) is 31.2 Å². The summed E-state index contributed by atoms with van der Waals surface area (Å²) in [5.41, 5.74) is -0.276. The molecular formula is C22H25FN6O4. The van der Waals surface area contributed by atoms with Crippen molar-refractivity contribution in [2.75, 3.05) is 31.6 Å². The lowest BCUT2D eigenvalue weighted by Crippen LogP contribution is -2.50. The molecule has 0 unspecified atom stereocenters. The van der Waals surface area contributed by atoms with Gasteiger partial charge < -0.3 is 20.3 Å². The van der Waals surface area contributed by atoms with Crippen molar-refractivity contribution in [2.24, 2.45) is 5.92 Å². The normalized spacial score (nSPS) is 17.2. The van der Waals surface area contributed by atoms with Crippen LogP contribution in [-0.4, -0.2) is 65.0 Å². The second-order valence-electron chi connectivity index (χ2n) is 8.31. The molecule has 1 aliphatic heterocycles. The summed E-state index contributed by atoms with van der Waals surface area (Å²) in [5.74, 6) is -1.80. The van der Waals surface area contributed by atoms with Crippen LogP contribution in [0.3, 0.4) is 0 Å². The van der Waals surface area contributed by atoms with Gasteiger partial charge in [0.2, 0.25) is 5.91 Å². The maximum Gasteiger partial charge on any atom is 0.343 e. The Hall–Kier alpha value is -3.63. The predicted octanol–water partition coefficient (Wildman–Crippen LogP) is 1.09. The van der Waals surface area contributed by atoms with E-state index in [1.807, 2.05) is 4.90 Å². The van der Waals surface area contributed by atoms with Crippen LogP contribution in [0, 0.1) is 11.7 Å². The number of anilines is 1. The molecule has 1 aliphatic carbocycles. The van der Waals surface area contributed by atoms with E-state index in [0.29, 0.717) is 43.7 Å². The number of amides is 2. The van der Waals surface area contributed by atoms with E-state index in [1.165, 1.54) is 32.0 Å². The molecule has 2 fully saturated rings. The molecule has 1 saturated heterocycles. The smallest absolute Gasteiger partial charge is 0.343 e. The number of methoxy groups -OCH3 is 1. The Labute approximate surface area is 190 Å². The highest BCUT2D eigenvalue weighted by Gasteiger charge is 2.51. The van der Waals surface area contributed by atoms with Gasteiger partial charge in [-0.3, -0.25) is 14.6 Å². The van der Waals surface area contributed by atoms with E-state index < -0.39 is 17.3 Å². The van der Waals surface area contributed by atoms with Crippen LogP contribution in [0.2, 0.25) is 0 Å². The second kappa shape index (κ2) is 9.47. The number of halogens is 1. The summed E-state index contributed by atoms with van der Waals surface area (Å²) in [7, 11) is 1.21. The third kappa shape index (κ3) is 4.91. The van der Waals surface area contributed by atoms with Crippen molar-refractivity contribution in [3.63, 3.8) is 0 Å². The number of aromatic nitrogens is 3. The monoisotopic (exact) mass is 456 g/mol. The van der Waals surface area contributed by atoms with Gasteiger partial charge in [0, 0.05) is 32.0 Å². The number of nitrogens with one attached hydrogen (secondary N) is 2. The van der Waals surface area contributed by atoms with Gasteiger partial charge in [0.05, 0.1) is 30.8 Å². The van der Waals surface area contributed by atoms with E-state index in [1.54, 1.807) is 0 Å². The zero-order valence-electron chi connectivity index (χ0n) is 18.2. The number of ether oxygens (including phenoxy) is 1. The molecule has 2 amide bonds. The number of pyridine rings is 1. The zero-order chi connectivity index (χ0) is 23.4. The maximum absolute atomic E-state index is 14.2. The minimum Gasteiger partial charge on any atom is -0.465 e. The van der Waals surface area contributed by atoms with E-state index in [-0.39, 0.29) is 23.3 Å². The maximum atomic E-state index is 14.2. The van der Waals surface area contributed by atoms with E-state index in [4.69, 9.17) is 4.74 Å². The average molecular weight is 456 g/mol. The first kappa shape index (κ1) is 22.6. The van der Waals surface area contributed by atoms with Crippen LogP contribution in [0.4, 0.5) is 10.1 Å². The summed E-state index contributed by atoms with van der Waals surface area (Å²) in [6.45, 7) is 1.65. The largest absolute Gasteiger partial charge is 0.465 e. The Morgan fingerprint density at radius 1 is 1.12 bits per heavy atom. The van der Waals surface area contributed by atoms with Gasteiger partial charge >= 0.3 is 5.97 Å². The van der Waals surface area contributed by atoms with Gasteiger partial charge in [0.25, 0.3) is 5.91 Å². The van der Waals surface area contributed by atoms with Gasteiger partial charge in [-0.25, -0.2) is 19.2 Å². The first-order valence-electron chi connectivity index (χ1n) is 10.8. The highest BCUT2D eigenvalue weighted by atomic mass is 19.1. The van der Waals surface area contributed by atoms with Crippen molar-refractivity contribution in [3.05, 3.63) is 48.1 Å². The molecule has 1 saturated carbocycles. The standard InChI is InChI=1S/C22H25FN6O4/c1-33-20(31)18-16(23)11-24-12-17(18)29-6-2-14(3-7-29)8-27-21(32)22(4-5-22)28-19(30)15-9-25-13-26-10-15/h9-14H,2-8H2,1H3,(H,27,32)(H,28,30). The summed E-state index contributed by atoms with van der Waals surface area (Å²) in [6.07, 6.45) is 9.27. The molecule has 174 valence electrons. The van der Waals surface area contributed by atoms with Crippen molar-refractivity contribution in [3.8, 4) is 0 Å². The van der Waals surface area contributed by atoms with Crippen LogP contribution >= 0.6 is 0 Å². The summed E-state index contributed by atoms with van der Waals surface area (Å²) in [4.78, 5) is 50.5. The number of hydrogen-bond acceptors (Lipinski definition) is 8. The van der Waals surface area contributed by atoms with Gasteiger partial charge in [-0.05, 0) is 31.6 Å². The van der Waals surface area contributed by atoms with Crippen LogP contribution < -0.4 is 15.5 Å². The fraction of sp³-hybridized carbons (Fsp3) is 0.455. The minimum atomic E-state index is -0.879. The number of carbonyl (C=O) groups is 3. The Morgan fingerprint density at radius 2 is 1.82 bits per heavy atom. The summed E-state index contributed by atoms with van der Waals surface area (Å²) < 4.78 is 18.9. The molecular weight excluding hydrogens is 431 g/mol. The molecule has 0 spiro atoms. The van der Waals surface area contributed by atoms with Crippen LogP contribution in [0.5, 0.6) is 0 Å². The van der Waals surface area contributed by atoms with Crippen LogP contribution in [0.1, 0.15) is 46.4 Å². The molecule has 0 radical (unpaired) electrons. The predicted molar refractivity (Wildman–Crippen MR) is 115 cm³/mol. The van der Waals surface area contributed by atoms with Gasteiger partial charge in [-0.1, -0.05) is 0 Å². The topological polar surface area (TPSA) is 126 Å². The van der Waals surface area contributed by atoms with E-state index in [9.17, 15) is 18.8 Å². The molecule has 4 rings (SSSR count). The summed E-state index contributed by atoms with van der Waals surface area (Å²) in [6, 6.07) is 0. The van der Waals surface area contributed by atoms with Crippen molar-refractivity contribution >= 4 is 23.5 Å². The van der Waals surface area contributed by atoms with Crippen molar-refractivity contribution < 1.29 is 23.5 Å². The summed E-state index contributed by atoms with van der Waals surface area (Å²) in [5, 5.41) is 5.77. The van der Waals surface area contributed by atoms with E-state index in [0.717, 1.165) is 19.0 Å². The lowest BCUT2D eigenvalue weighted by atomic mass is 9.95. The molecule has 0 aromatic carbocycles. The Balaban J connectivity index is 1.29. The number of esters is 1. The SMILES string of the molecule is COC(=O)c1c(F)cncc1N1CCC(CNC(=O)C2(NC(=O)c3cncnc3)CC2)CC1. The van der Waals surface area contributed by atoms with Gasteiger partial charge in [-0.2, -0.15) is 0 Å². The Kier molecular flexibility index (Phi) is 6.47. The quantitative estimate of drug-likeness (QED) is 0.593. The lowest BCUT2D eigenvalue weighted by molar-refractivity contribution is -0.124. The number of carbonyl (C=O) groups excluding carboxylic acids is 3. The van der Waals surface area contributed by atoms with Crippen molar-refractivity contribution in [1.82, 2.24) is 25.6 Å². The third-order valence-electron chi connectivity index (χ3n) is 6.14. The van der Waals surface area contributed by atoms with Crippen molar-refractivity contribution in [1.29, 1.82) is 0 Å². The molecule has 11 heteroatoms. The summed E-state index contributed by atoms with van der Waals surface area (Å²) >= 11 is 0. The molecule has 2 aliphatic rings. The second-order valence-corrected chi connectivity index (χ2v) is 8.31. The fourth-order valence-corrected chi connectivity index (χ4v) is 3.99. The number of rotatable bonds is 7. The molecule has 0 bridgehead atoms. The first-order valence-corrected chi connectivity index (χ1v) is 10.8. The molecule has 2 aromatic rings. The highest BCUT2D eigenvalue weighted by molar-refractivity contribution is 6.00.